The number of rotatable bonds is 3. The SMILES string of the molecule is Cc1cccc(-c2nccn2Cc2[nH]nc3ncccc23)n1. The van der Waals surface area contributed by atoms with E-state index < -0.39 is 0 Å². The van der Waals surface area contributed by atoms with Crippen molar-refractivity contribution in [2.24, 2.45) is 0 Å². The van der Waals surface area contributed by atoms with Crippen LogP contribution in [0.2, 0.25) is 0 Å². The Hall–Kier alpha value is -3.02. The van der Waals surface area contributed by atoms with Crippen molar-refractivity contribution in [3.8, 4) is 11.5 Å². The average molecular weight is 290 g/mol. The minimum atomic E-state index is 0.646. The van der Waals surface area contributed by atoms with Crippen LogP contribution in [0, 0.1) is 6.92 Å². The Kier molecular flexibility index (Phi) is 2.93. The standard InChI is InChI=1S/C16H14N6/c1-11-4-2-6-13(19-11)16-18-8-9-22(16)10-14-12-5-3-7-17-15(12)21-20-14/h2-9H,10H2,1H3,(H,17,20,21). The van der Waals surface area contributed by atoms with Crippen LogP contribution < -0.4 is 0 Å². The first-order chi connectivity index (χ1) is 10.8. The molecule has 4 aromatic heterocycles. The van der Waals surface area contributed by atoms with Crippen molar-refractivity contribution >= 4 is 11.0 Å². The number of imidazole rings is 1. The maximum Gasteiger partial charge on any atom is 0.181 e. The lowest BCUT2D eigenvalue weighted by molar-refractivity contribution is 0.777. The largest absolute Gasteiger partial charge is 0.324 e. The molecule has 4 aromatic rings. The van der Waals surface area contributed by atoms with E-state index in [1.54, 1.807) is 12.4 Å². The number of nitrogens with zero attached hydrogens (tertiary/aromatic N) is 5. The number of hydrogen-bond donors (Lipinski definition) is 1. The van der Waals surface area contributed by atoms with E-state index in [2.05, 4.69) is 29.7 Å². The third-order valence-corrected chi connectivity index (χ3v) is 3.57. The monoisotopic (exact) mass is 290 g/mol. The summed E-state index contributed by atoms with van der Waals surface area (Å²) in [6, 6.07) is 9.87. The smallest absolute Gasteiger partial charge is 0.181 e. The van der Waals surface area contributed by atoms with Gasteiger partial charge < -0.3 is 4.57 Å². The highest BCUT2D eigenvalue weighted by molar-refractivity contribution is 5.77. The summed E-state index contributed by atoms with van der Waals surface area (Å²) in [6.45, 7) is 2.62. The summed E-state index contributed by atoms with van der Waals surface area (Å²) in [4.78, 5) is 13.2. The molecule has 0 saturated heterocycles. The van der Waals surface area contributed by atoms with E-state index in [0.29, 0.717) is 6.54 Å². The van der Waals surface area contributed by atoms with Crippen molar-refractivity contribution in [1.29, 1.82) is 0 Å². The van der Waals surface area contributed by atoms with Crippen molar-refractivity contribution in [3.63, 3.8) is 0 Å². The number of nitrogens with one attached hydrogen (secondary N) is 1. The fraction of sp³-hybridized carbons (Fsp3) is 0.125. The molecular weight excluding hydrogens is 276 g/mol. The first kappa shape index (κ1) is 12.7. The molecule has 0 aliphatic rings. The summed E-state index contributed by atoms with van der Waals surface area (Å²) in [6.07, 6.45) is 5.48. The van der Waals surface area contributed by atoms with Gasteiger partial charge in [0.1, 0.15) is 5.69 Å². The van der Waals surface area contributed by atoms with Crippen LogP contribution >= 0.6 is 0 Å². The lowest BCUT2D eigenvalue weighted by Gasteiger charge is -2.07. The van der Waals surface area contributed by atoms with Crippen LogP contribution in [-0.2, 0) is 6.54 Å². The second-order valence-electron chi connectivity index (χ2n) is 5.12. The number of pyridine rings is 2. The van der Waals surface area contributed by atoms with Crippen LogP contribution in [0.4, 0.5) is 0 Å². The summed E-state index contributed by atoms with van der Waals surface area (Å²) in [5, 5.41) is 8.32. The van der Waals surface area contributed by atoms with Gasteiger partial charge in [-0.1, -0.05) is 6.07 Å². The van der Waals surface area contributed by atoms with Crippen molar-refractivity contribution in [1.82, 2.24) is 29.7 Å². The fourth-order valence-electron chi connectivity index (χ4n) is 2.53. The van der Waals surface area contributed by atoms with Gasteiger partial charge in [0.05, 0.1) is 12.2 Å². The summed E-state index contributed by atoms with van der Waals surface area (Å²) in [7, 11) is 0. The molecule has 0 saturated carbocycles. The lowest BCUT2D eigenvalue weighted by Crippen LogP contribution is -2.03. The first-order valence-electron chi connectivity index (χ1n) is 7.04. The Morgan fingerprint density at radius 1 is 1.09 bits per heavy atom. The molecule has 4 rings (SSSR count). The van der Waals surface area contributed by atoms with Gasteiger partial charge in [0, 0.05) is 29.7 Å². The van der Waals surface area contributed by atoms with Crippen molar-refractivity contribution < 1.29 is 0 Å². The van der Waals surface area contributed by atoms with Gasteiger partial charge in [-0.25, -0.2) is 15.0 Å². The van der Waals surface area contributed by atoms with E-state index in [4.69, 9.17) is 0 Å². The molecule has 0 fully saturated rings. The van der Waals surface area contributed by atoms with E-state index in [0.717, 1.165) is 33.9 Å². The summed E-state index contributed by atoms with van der Waals surface area (Å²) in [5.74, 6) is 0.843. The van der Waals surface area contributed by atoms with E-state index in [1.165, 1.54) is 0 Å². The first-order valence-corrected chi connectivity index (χ1v) is 7.04. The van der Waals surface area contributed by atoms with Gasteiger partial charge in [0.25, 0.3) is 0 Å². The minimum absolute atomic E-state index is 0.646. The number of H-pyrrole nitrogens is 1. The molecule has 0 unspecified atom stereocenters. The van der Waals surface area contributed by atoms with Gasteiger partial charge in [-0.05, 0) is 31.2 Å². The molecule has 0 bridgehead atoms. The number of aromatic amines is 1. The Morgan fingerprint density at radius 2 is 2.05 bits per heavy atom. The van der Waals surface area contributed by atoms with Crippen molar-refractivity contribution in [2.75, 3.05) is 0 Å². The molecule has 6 nitrogen and oxygen atoms in total. The lowest BCUT2D eigenvalue weighted by atomic mass is 10.2. The molecule has 6 heteroatoms. The quantitative estimate of drug-likeness (QED) is 0.629. The summed E-state index contributed by atoms with van der Waals surface area (Å²) < 4.78 is 2.06. The average Bonchev–Trinajstić information content (AvgIpc) is 3.15. The third kappa shape index (κ3) is 2.14. The molecule has 1 N–H and O–H groups in total. The molecule has 0 aromatic carbocycles. The number of fused-ring (bicyclic) bond motifs is 1. The van der Waals surface area contributed by atoms with Crippen LogP contribution in [0.3, 0.4) is 0 Å². The maximum atomic E-state index is 4.55. The maximum absolute atomic E-state index is 4.55. The Morgan fingerprint density at radius 3 is 2.95 bits per heavy atom. The number of aromatic nitrogens is 6. The Balaban J connectivity index is 1.74. The van der Waals surface area contributed by atoms with Gasteiger partial charge in [-0.3, -0.25) is 5.10 Å². The predicted octanol–water partition coefficient (Wildman–Crippen LogP) is 2.57. The molecule has 22 heavy (non-hydrogen) atoms. The van der Waals surface area contributed by atoms with E-state index in [-0.39, 0.29) is 0 Å². The molecule has 0 amide bonds. The van der Waals surface area contributed by atoms with Gasteiger partial charge in [-0.15, -0.1) is 0 Å². The molecule has 0 aliphatic carbocycles. The van der Waals surface area contributed by atoms with E-state index in [1.807, 2.05) is 43.5 Å². The van der Waals surface area contributed by atoms with Crippen LogP contribution in [0.15, 0.2) is 48.9 Å². The highest BCUT2D eigenvalue weighted by Crippen LogP contribution is 2.19. The second kappa shape index (κ2) is 5.07. The van der Waals surface area contributed by atoms with Crippen LogP contribution in [-0.4, -0.2) is 29.7 Å². The van der Waals surface area contributed by atoms with Gasteiger partial charge in [0.2, 0.25) is 0 Å². The normalized spacial score (nSPS) is 11.1. The van der Waals surface area contributed by atoms with Gasteiger partial charge >= 0.3 is 0 Å². The highest BCUT2D eigenvalue weighted by Gasteiger charge is 2.11. The number of hydrogen-bond acceptors (Lipinski definition) is 4. The third-order valence-electron chi connectivity index (χ3n) is 3.57. The van der Waals surface area contributed by atoms with Gasteiger partial charge in [-0.2, -0.15) is 5.10 Å². The zero-order valence-corrected chi connectivity index (χ0v) is 12.1. The molecule has 0 spiro atoms. The molecule has 4 heterocycles. The second-order valence-corrected chi connectivity index (χ2v) is 5.12. The zero-order valence-electron chi connectivity index (χ0n) is 12.1. The predicted molar refractivity (Wildman–Crippen MR) is 83.2 cm³/mol. The molecule has 108 valence electrons. The number of aryl methyl sites for hydroxylation is 1. The Bertz CT molecular complexity index is 936. The minimum Gasteiger partial charge on any atom is -0.324 e. The molecule has 0 radical (unpaired) electrons. The van der Waals surface area contributed by atoms with Crippen LogP contribution in [0.25, 0.3) is 22.6 Å². The van der Waals surface area contributed by atoms with Crippen molar-refractivity contribution in [2.45, 2.75) is 13.5 Å². The summed E-state index contributed by atoms with van der Waals surface area (Å²) >= 11 is 0. The van der Waals surface area contributed by atoms with E-state index in [9.17, 15) is 0 Å². The topological polar surface area (TPSA) is 72.3 Å². The highest BCUT2D eigenvalue weighted by atomic mass is 15.2. The fourth-order valence-corrected chi connectivity index (χ4v) is 2.53. The van der Waals surface area contributed by atoms with Crippen LogP contribution in [0.5, 0.6) is 0 Å². The molecular formula is C16H14N6. The van der Waals surface area contributed by atoms with Crippen molar-refractivity contribution in [3.05, 3.63) is 60.3 Å². The van der Waals surface area contributed by atoms with Gasteiger partial charge in [0.15, 0.2) is 11.5 Å². The zero-order chi connectivity index (χ0) is 14.9. The Labute approximate surface area is 126 Å². The molecule has 0 aliphatic heterocycles. The van der Waals surface area contributed by atoms with Crippen LogP contribution in [0.1, 0.15) is 11.4 Å². The molecule has 0 atom stereocenters. The van der Waals surface area contributed by atoms with E-state index >= 15 is 0 Å². The summed E-state index contributed by atoms with van der Waals surface area (Å²) in [5.41, 5.74) is 3.58.